The molecule has 1 heterocycles. The summed E-state index contributed by atoms with van der Waals surface area (Å²) in [6.45, 7) is 4.25. The molecule has 5 heteroatoms. The highest BCUT2D eigenvalue weighted by Gasteiger charge is 2.13. The average Bonchev–Trinajstić information content (AvgIpc) is 2.70. The van der Waals surface area contributed by atoms with E-state index in [-0.39, 0.29) is 0 Å². The van der Waals surface area contributed by atoms with E-state index in [9.17, 15) is 0 Å². The van der Waals surface area contributed by atoms with Crippen LogP contribution in [0.15, 0.2) is 52.9 Å². The van der Waals surface area contributed by atoms with Gasteiger partial charge in [0.2, 0.25) is 0 Å². The summed E-state index contributed by atoms with van der Waals surface area (Å²) in [5.41, 5.74) is 7.10. The topological polar surface area (TPSA) is 54.7 Å². The van der Waals surface area contributed by atoms with Crippen molar-refractivity contribution in [2.75, 3.05) is 5.73 Å². The molecule has 0 saturated carbocycles. The van der Waals surface area contributed by atoms with Crippen molar-refractivity contribution >= 4 is 29.1 Å². The van der Waals surface area contributed by atoms with Gasteiger partial charge in [0.05, 0.1) is 5.69 Å². The smallest absolute Gasteiger partial charge is 0.123 e. The van der Waals surface area contributed by atoms with Crippen LogP contribution in [0, 0.1) is 11.3 Å². The lowest BCUT2D eigenvalue weighted by Gasteiger charge is -2.08. The summed E-state index contributed by atoms with van der Waals surface area (Å²) in [4.78, 5) is 1.02. The molecule has 2 aromatic rings. The van der Waals surface area contributed by atoms with Crippen LogP contribution in [-0.4, -0.2) is 4.57 Å². The van der Waals surface area contributed by atoms with Crippen molar-refractivity contribution in [2.45, 2.75) is 16.5 Å². The number of nitrogens with two attached hydrogens (primary N) is 1. The van der Waals surface area contributed by atoms with E-state index in [2.05, 4.69) is 12.6 Å². The first kappa shape index (κ1) is 13.6. The van der Waals surface area contributed by atoms with Crippen molar-refractivity contribution in [1.29, 1.82) is 5.26 Å². The third-order valence-corrected chi connectivity index (χ3v) is 3.94. The van der Waals surface area contributed by atoms with Crippen molar-refractivity contribution in [3.05, 3.63) is 53.7 Å². The highest BCUT2D eigenvalue weighted by atomic mass is 35.5. The summed E-state index contributed by atoms with van der Waals surface area (Å²) in [6, 6.07) is 11.3. The third kappa shape index (κ3) is 2.95. The van der Waals surface area contributed by atoms with Gasteiger partial charge in [0.15, 0.2) is 0 Å². The number of nitrogens with zero attached hydrogens (tertiary/aromatic N) is 2. The molecule has 2 rings (SSSR count). The van der Waals surface area contributed by atoms with E-state index in [0.29, 0.717) is 22.9 Å². The molecule has 0 amide bonds. The van der Waals surface area contributed by atoms with Gasteiger partial charge < -0.3 is 10.3 Å². The van der Waals surface area contributed by atoms with E-state index in [0.717, 1.165) is 9.92 Å². The van der Waals surface area contributed by atoms with Crippen LogP contribution in [0.25, 0.3) is 0 Å². The van der Waals surface area contributed by atoms with E-state index in [1.807, 2.05) is 28.8 Å². The van der Waals surface area contributed by atoms with Crippen molar-refractivity contribution in [2.24, 2.45) is 0 Å². The number of allylic oxidation sites excluding steroid dienone is 1. The van der Waals surface area contributed by atoms with Gasteiger partial charge in [-0.3, -0.25) is 0 Å². The van der Waals surface area contributed by atoms with E-state index in [1.54, 1.807) is 12.1 Å². The molecule has 0 unspecified atom stereocenters. The zero-order valence-electron chi connectivity index (χ0n) is 10.1. The highest BCUT2D eigenvalue weighted by Crippen LogP contribution is 2.35. The van der Waals surface area contributed by atoms with Crippen LogP contribution in [-0.2, 0) is 6.54 Å². The molecule has 0 atom stereocenters. The zero-order valence-corrected chi connectivity index (χ0v) is 11.7. The fourth-order valence-electron chi connectivity index (χ4n) is 1.68. The van der Waals surface area contributed by atoms with E-state index in [1.165, 1.54) is 11.8 Å². The van der Waals surface area contributed by atoms with Gasteiger partial charge in [-0.1, -0.05) is 29.4 Å². The van der Waals surface area contributed by atoms with Crippen LogP contribution in [0.3, 0.4) is 0 Å². The predicted octanol–water partition coefficient (Wildman–Crippen LogP) is 3.93. The first-order chi connectivity index (χ1) is 9.15. The SMILES string of the molecule is C=CCn1c(C#N)cc(N)c1Sc1ccc(Cl)cc1. The maximum absolute atomic E-state index is 9.10. The van der Waals surface area contributed by atoms with Crippen molar-refractivity contribution < 1.29 is 0 Å². The van der Waals surface area contributed by atoms with Crippen LogP contribution < -0.4 is 5.73 Å². The van der Waals surface area contributed by atoms with Crippen LogP contribution in [0.1, 0.15) is 5.69 Å². The molecule has 0 aliphatic carbocycles. The van der Waals surface area contributed by atoms with Crippen LogP contribution in [0.2, 0.25) is 5.02 Å². The summed E-state index contributed by atoms with van der Waals surface area (Å²) in [5, 5.41) is 10.6. The molecule has 19 heavy (non-hydrogen) atoms. The monoisotopic (exact) mass is 289 g/mol. The molecule has 0 aliphatic heterocycles. The lowest BCUT2D eigenvalue weighted by Crippen LogP contribution is -2.00. The van der Waals surface area contributed by atoms with Gasteiger partial charge in [-0.2, -0.15) is 5.26 Å². The fourth-order valence-corrected chi connectivity index (χ4v) is 2.76. The number of nitrogen functional groups attached to an aromatic ring is 1. The Hall–Kier alpha value is -1.83. The summed E-state index contributed by atoms with van der Waals surface area (Å²) in [7, 11) is 0. The molecular weight excluding hydrogens is 278 g/mol. The Labute approximate surface area is 121 Å². The normalized spacial score (nSPS) is 10.1. The van der Waals surface area contributed by atoms with Crippen molar-refractivity contribution in [3.63, 3.8) is 0 Å². The first-order valence-electron chi connectivity index (χ1n) is 5.59. The Bertz CT molecular complexity index is 638. The second kappa shape index (κ2) is 5.87. The van der Waals surface area contributed by atoms with Gasteiger partial charge in [0.25, 0.3) is 0 Å². The number of hydrogen-bond acceptors (Lipinski definition) is 3. The number of rotatable bonds is 4. The lowest BCUT2D eigenvalue weighted by molar-refractivity contribution is 0.744. The van der Waals surface area contributed by atoms with Gasteiger partial charge in [0.1, 0.15) is 16.8 Å². The van der Waals surface area contributed by atoms with Gasteiger partial charge in [-0.05, 0) is 30.3 Å². The number of benzene rings is 1. The summed E-state index contributed by atoms with van der Waals surface area (Å²) in [5.74, 6) is 0. The highest BCUT2D eigenvalue weighted by molar-refractivity contribution is 7.99. The number of hydrogen-bond donors (Lipinski definition) is 1. The average molecular weight is 290 g/mol. The number of nitriles is 1. The minimum Gasteiger partial charge on any atom is -0.397 e. The molecule has 0 saturated heterocycles. The van der Waals surface area contributed by atoms with Gasteiger partial charge >= 0.3 is 0 Å². The molecule has 0 spiro atoms. The maximum Gasteiger partial charge on any atom is 0.123 e. The molecule has 0 bridgehead atoms. The van der Waals surface area contributed by atoms with Crippen LogP contribution in [0.4, 0.5) is 5.69 Å². The molecular formula is C14H12ClN3S. The van der Waals surface area contributed by atoms with Gasteiger partial charge in [0, 0.05) is 16.5 Å². The second-order valence-corrected chi connectivity index (χ2v) is 5.36. The largest absolute Gasteiger partial charge is 0.397 e. The lowest BCUT2D eigenvalue weighted by atomic mass is 10.4. The van der Waals surface area contributed by atoms with E-state index >= 15 is 0 Å². The molecule has 96 valence electrons. The van der Waals surface area contributed by atoms with Crippen LogP contribution >= 0.6 is 23.4 Å². The standard InChI is InChI=1S/C14H12ClN3S/c1-2-7-18-11(9-16)8-13(17)14(18)19-12-5-3-10(15)4-6-12/h2-6,8H,1,7,17H2. The van der Waals surface area contributed by atoms with Gasteiger partial charge in [-0.25, -0.2) is 0 Å². The number of aromatic nitrogens is 1. The summed E-state index contributed by atoms with van der Waals surface area (Å²) >= 11 is 7.36. The third-order valence-electron chi connectivity index (χ3n) is 2.53. The van der Waals surface area contributed by atoms with Crippen LogP contribution in [0.5, 0.6) is 0 Å². The predicted molar refractivity (Wildman–Crippen MR) is 79.3 cm³/mol. The Kier molecular flexibility index (Phi) is 4.20. The quantitative estimate of drug-likeness (QED) is 0.868. The van der Waals surface area contributed by atoms with Crippen molar-refractivity contribution in [3.8, 4) is 6.07 Å². The van der Waals surface area contributed by atoms with E-state index in [4.69, 9.17) is 22.6 Å². The minimum atomic E-state index is 0.536. The first-order valence-corrected chi connectivity index (χ1v) is 6.78. The Balaban J connectivity index is 2.39. The van der Waals surface area contributed by atoms with Crippen molar-refractivity contribution in [1.82, 2.24) is 4.57 Å². The summed E-state index contributed by atoms with van der Waals surface area (Å²) in [6.07, 6.45) is 1.74. The minimum absolute atomic E-state index is 0.536. The number of halogens is 1. The molecule has 2 N–H and O–H groups in total. The summed E-state index contributed by atoms with van der Waals surface area (Å²) < 4.78 is 1.85. The number of anilines is 1. The molecule has 3 nitrogen and oxygen atoms in total. The molecule has 0 fully saturated rings. The molecule has 0 radical (unpaired) electrons. The molecule has 0 aliphatic rings. The second-order valence-electron chi connectivity index (χ2n) is 3.86. The van der Waals surface area contributed by atoms with Gasteiger partial charge in [-0.15, -0.1) is 6.58 Å². The maximum atomic E-state index is 9.10. The van der Waals surface area contributed by atoms with E-state index < -0.39 is 0 Å². The Morgan fingerprint density at radius 2 is 2.11 bits per heavy atom. The zero-order chi connectivity index (χ0) is 13.8. The molecule has 1 aromatic heterocycles. The molecule has 1 aromatic carbocycles. The fraction of sp³-hybridized carbons (Fsp3) is 0.0714. The Morgan fingerprint density at radius 3 is 2.68 bits per heavy atom. The Morgan fingerprint density at radius 1 is 1.42 bits per heavy atom.